The van der Waals surface area contributed by atoms with Crippen LogP contribution in [0.2, 0.25) is 0 Å². The third kappa shape index (κ3) is 6.09. The highest BCUT2D eigenvalue weighted by molar-refractivity contribution is 6.04. The molecule has 4 heterocycles. The smallest absolute Gasteiger partial charge is 0.416 e. The van der Waals surface area contributed by atoms with Crippen molar-refractivity contribution >= 4 is 23.2 Å². The zero-order chi connectivity index (χ0) is 27.6. The Labute approximate surface area is 225 Å². The lowest BCUT2D eigenvalue weighted by molar-refractivity contribution is -0.146. The van der Waals surface area contributed by atoms with E-state index in [0.717, 1.165) is 25.0 Å². The summed E-state index contributed by atoms with van der Waals surface area (Å²) in [5, 5.41) is 2.66. The Kier molecular flexibility index (Phi) is 7.91. The fourth-order valence-electron chi connectivity index (χ4n) is 5.55. The number of benzene rings is 1. The summed E-state index contributed by atoms with van der Waals surface area (Å²) in [5.41, 5.74) is -0.874. The lowest BCUT2D eigenvalue weighted by Gasteiger charge is -2.43. The molecule has 1 aromatic heterocycles. The summed E-state index contributed by atoms with van der Waals surface area (Å²) >= 11 is 0. The number of alkyl halides is 3. The average molecular weight is 550 g/mol. The summed E-state index contributed by atoms with van der Waals surface area (Å²) < 4.78 is 57.3. The molecule has 11 heteroatoms. The van der Waals surface area contributed by atoms with E-state index in [9.17, 15) is 22.8 Å². The highest BCUT2D eigenvalue weighted by Gasteiger charge is 2.41. The molecule has 3 saturated heterocycles. The van der Waals surface area contributed by atoms with Gasteiger partial charge in [0.2, 0.25) is 5.91 Å². The highest BCUT2D eigenvalue weighted by atomic mass is 19.4. The predicted molar refractivity (Wildman–Crippen MR) is 138 cm³/mol. The van der Waals surface area contributed by atoms with Crippen LogP contribution in [0, 0.1) is 5.41 Å². The van der Waals surface area contributed by atoms with Crippen LogP contribution in [0.4, 0.5) is 24.5 Å². The number of nitrogens with one attached hydrogen (secondary N) is 1. The normalized spacial score (nSPS) is 20.6. The summed E-state index contributed by atoms with van der Waals surface area (Å²) in [7, 11) is 0. The number of carbonyl (C=O) groups excluding carboxylic acids is 2. The molecule has 0 unspecified atom stereocenters. The van der Waals surface area contributed by atoms with Crippen LogP contribution in [-0.4, -0.2) is 69.3 Å². The molecule has 2 aromatic rings. The summed E-state index contributed by atoms with van der Waals surface area (Å²) in [6.07, 6.45) is -1.90. The molecule has 8 nitrogen and oxygen atoms in total. The number of hydrogen-bond donors (Lipinski definition) is 1. The van der Waals surface area contributed by atoms with Gasteiger partial charge >= 0.3 is 6.18 Å². The molecule has 212 valence electrons. The van der Waals surface area contributed by atoms with Gasteiger partial charge in [-0.25, -0.2) is 0 Å². The van der Waals surface area contributed by atoms with Gasteiger partial charge in [0.25, 0.3) is 5.91 Å². The van der Waals surface area contributed by atoms with E-state index in [-0.39, 0.29) is 23.3 Å². The van der Waals surface area contributed by atoms with Gasteiger partial charge in [0.15, 0.2) is 5.76 Å². The van der Waals surface area contributed by atoms with Gasteiger partial charge in [0, 0.05) is 50.7 Å². The number of nitrogens with zero attached hydrogens (tertiary/aromatic N) is 2. The minimum atomic E-state index is -4.57. The molecular weight excluding hydrogens is 515 g/mol. The van der Waals surface area contributed by atoms with Crippen molar-refractivity contribution < 1.29 is 36.7 Å². The van der Waals surface area contributed by atoms with Gasteiger partial charge in [-0.05, 0) is 56.0 Å². The van der Waals surface area contributed by atoms with Crippen molar-refractivity contribution in [1.82, 2.24) is 4.90 Å². The Balaban J connectivity index is 1.32. The molecule has 0 bridgehead atoms. The van der Waals surface area contributed by atoms with Crippen LogP contribution in [0.3, 0.4) is 0 Å². The summed E-state index contributed by atoms with van der Waals surface area (Å²) in [6.45, 7) is 6.30. The molecule has 3 aliphatic heterocycles. The van der Waals surface area contributed by atoms with Gasteiger partial charge in [-0.3, -0.25) is 9.59 Å². The quantitative estimate of drug-likeness (QED) is 0.571. The first kappa shape index (κ1) is 27.5. The number of rotatable bonds is 5. The number of furan rings is 1. The van der Waals surface area contributed by atoms with Crippen molar-refractivity contribution in [2.75, 3.05) is 62.8 Å². The van der Waals surface area contributed by atoms with E-state index in [1.54, 1.807) is 12.1 Å². The Hall–Kier alpha value is -3.05. The van der Waals surface area contributed by atoms with E-state index >= 15 is 0 Å². The second-order valence-electron chi connectivity index (χ2n) is 10.7. The maximum absolute atomic E-state index is 13.6. The second-order valence-corrected chi connectivity index (χ2v) is 10.7. The molecule has 1 aromatic carbocycles. The second kappa shape index (κ2) is 11.2. The van der Waals surface area contributed by atoms with Gasteiger partial charge in [0.05, 0.1) is 30.2 Å². The van der Waals surface area contributed by atoms with Gasteiger partial charge in [-0.1, -0.05) is 6.92 Å². The van der Waals surface area contributed by atoms with Crippen LogP contribution in [0.5, 0.6) is 0 Å². The van der Waals surface area contributed by atoms with Crippen LogP contribution in [0.15, 0.2) is 34.7 Å². The molecule has 2 amide bonds. The van der Waals surface area contributed by atoms with Crippen LogP contribution in [-0.2, 0) is 20.4 Å². The van der Waals surface area contributed by atoms with Gasteiger partial charge in [-0.15, -0.1) is 0 Å². The largest absolute Gasteiger partial charge is 0.456 e. The predicted octanol–water partition coefficient (Wildman–Crippen LogP) is 4.91. The maximum atomic E-state index is 13.6. The Bertz CT molecular complexity index is 1180. The monoisotopic (exact) mass is 549 g/mol. The highest BCUT2D eigenvalue weighted by Crippen LogP contribution is 2.40. The van der Waals surface area contributed by atoms with Crippen molar-refractivity contribution in [2.45, 2.75) is 44.7 Å². The van der Waals surface area contributed by atoms with E-state index in [1.165, 1.54) is 6.07 Å². The standard InChI is InChI=1S/C28H34F3N3O5/c1-27(26(36)34-12-16-38-17-13-34)8-10-33(11-9-27)22-3-2-20(28(29,30)31)18-21(22)32-25(35)24-5-4-23(39-24)19-6-14-37-15-7-19/h2-5,18-19H,6-17H2,1H3,(H,32,35). The molecule has 0 atom stereocenters. The average Bonchev–Trinajstić information content (AvgIpc) is 3.44. The number of anilines is 2. The molecule has 0 radical (unpaired) electrons. The minimum Gasteiger partial charge on any atom is -0.456 e. The molecule has 0 saturated carbocycles. The molecule has 0 aliphatic carbocycles. The topological polar surface area (TPSA) is 84.2 Å². The Morgan fingerprint density at radius 1 is 0.949 bits per heavy atom. The fraction of sp³-hybridized carbons (Fsp3) is 0.571. The number of halogens is 3. The van der Waals surface area contributed by atoms with E-state index in [4.69, 9.17) is 13.9 Å². The van der Waals surface area contributed by atoms with Gasteiger partial charge in [-0.2, -0.15) is 13.2 Å². The zero-order valence-electron chi connectivity index (χ0n) is 22.0. The number of amides is 2. The molecule has 3 fully saturated rings. The SMILES string of the molecule is CC1(C(=O)N2CCOCC2)CCN(c2ccc(C(F)(F)F)cc2NC(=O)c2ccc(C3CCOCC3)o2)CC1. The fourth-order valence-corrected chi connectivity index (χ4v) is 5.55. The minimum absolute atomic E-state index is 0.0437. The molecule has 3 aliphatic rings. The zero-order valence-corrected chi connectivity index (χ0v) is 22.0. The molecular formula is C28H34F3N3O5. The van der Waals surface area contributed by atoms with Gasteiger partial charge < -0.3 is 29.0 Å². The molecule has 1 N–H and O–H groups in total. The first-order valence-corrected chi connectivity index (χ1v) is 13.5. The van der Waals surface area contributed by atoms with Crippen LogP contribution >= 0.6 is 0 Å². The van der Waals surface area contributed by atoms with E-state index in [0.29, 0.717) is 76.9 Å². The number of carbonyl (C=O) groups is 2. The molecule has 5 rings (SSSR count). The van der Waals surface area contributed by atoms with E-state index < -0.39 is 23.1 Å². The number of ether oxygens (including phenoxy) is 2. The lowest BCUT2D eigenvalue weighted by atomic mass is 9.78. The van der Waals surface area contributed by atoms with E-state index in [2.05, 4.69) is 5.32 Å². The first-order valence-electron chi connectivity index (χ1n) is 13.5. The third-order valence-electron chi connectivity index (χ3n) is 8.07. The first-order chi connectivity index (χ1) is 18.6. The Morgan fingerprint density at radius 3 is 2.28 bits per heavy atom. The summed E-state index contributed by atoms with van der Waals surface area (Å²) in [4.78, 5) is 30.1. The third-order valence-corrected chi connectivity index (χ3v) is 8.07. The van der Waals surface area contributed by atoms with Crippen molar-refractivity contribution in [3.8, 4) is 0 Å². The number of hydrogen-bond acceptors (Lipinski definition) is 6. The van der Waals surface area contributed by atoms with E-state index in [1.807, 2.05) is 16.7 Å². The van der Waals surface area contributed by atoms with Crippen LogP contribution < -0.4 is 10.2 Å². The van der Waals surface area contributed by atoms with Crippen molar-refractivity contribution in [3.63, 3.8) is 0 Å². The van der Waals surface area contributed by atoms with Gasteiger partial charge in [0.1, 0.15) is 5.76 Å². The Morgan fingerprint density at radius 2 is 1.62 bits per heavy atom. The van der Waals surface area contributed by atoms with Crippen LogP contribution in [0.1, 0.15) is 60.4 Å². The maximum Gasteiger partial charge on any atom is 0.416 e. The molecule has 39 heavy (non-hydrogen) atoms. The number of piperidine rings is 1. The van der Waals surface area contributed by atoms with Crippen molar-refractivity contribution in [1.29, 1.82) is 0 Å². The summed E-state index contributed by atoms with van der Waals surface area (Å²) in [5.74, 6) is 0.338. The van der Waals surface area contributed by atoms with Crippen LogP contribution in [0.25, 0.3) is 0 Å². The lowest BCUT2D eigenvalue weighted by Crippen LogP contribution is -2.51. The number of morpholine rings is 1. The van der Waals surface area contributed by atoms with Crippen molar-refractivity contribution in [2.24, 2.45) is 5.41 Å². The van der Waals surface area contributed by atoms with Crippen molar-refractivity contribution in [3.05, 3.63) is 47.4 Å². The molecule has 0 spiro atoms. The summed E-state index contributed by atoms with van der Waals surface area (Å²) in [6, 6.07) is 6.67.